The van der Waals surface area contributed by atoms with Crippen molar-refractivity contribution in [2.24, 2.45) is 7.05 Å². The Morgan fingerprint density at radius 2 is 2.39 bits per heavy atom. The monoisotopic (exact) mass is 255 g/mol. The lowest BCUT2D eigenvalue weighted by molar-refractivity contribution is -0.145. The van der Waals surface area contributed by atoms with Crippen LogP contribution in [0.1, 0.15) is 24.6 Å². The van der Waals surface area contributed by atoms with Crippen molar-refractivity contribution in [3.05, 3.63) is 17.5 Å². The van der Waals surface area contributed by atoms with E-state index in [0.717, 1.165) is 11.3 Å². The summed E-state index contributed by atoms with van der Waals surface area (Å²) >= 11 is 0. The van der Waals surface area contributed by atoms with Gasteiger partial charge in [0.2, 0.25) is 0 Å². The molecule has 2 N–H and O–H groups in total. The molecule has 0 fully saturated rings. The van der Waals surface area contributed by atoms with Crippen LogP contribution in [0.2, 0.25) is 0 Å². The number of esters is 1. The molecule has 0 amide bonds. The largest absolute Gasteiger partial charge is 0.466 e. The molecule has 1 rings (SSSR count). The van der Waals surface area contributed by atoms with Gasteiger partial charge >= 0.3 is 5.97 Å². The molecule has 6 nitrogen and oxygen atoms in total. The molecule has 1 unspecified atom stereocenters. The van der Waals surface area contributed by atoms with Crippen molar-refractivity contribution < 1.29 is 14.6 Å². The Labute approximate surface area is 107 Å². The molecule has 1 aromatic rings. The number of hydrogen-bond acceptors (Lipinski definition) is 5. The van der Waals surface area contributed by atoms with Gasteiger partial charge in [-0.05, 0) is 13.8 Å². The number of carbonyl (C=O) groups is 1. The molecule has 0 saturated heterocycles. The first kappa shape index (κ1) is 14.7. The first-order valence-electron chi connectivity index (χ1n) is 6.06. The zero-order valence-corrected chi connectivity index (χ0v) is 11.1. The van der Waals surface area contributed by atoms with Crippen LogP contribution in [0, 0.1) is 6.92 Å². The Kier molecular flexibility index (Phi) is 5.80. The normalized spacial score (nSPS) is 12.4. The molecular formula is C12H21N3O3. The lowest BCUT2D eigenvalue weighted by Gasteiger charge is -2.10. The molecule has 0 aliphatic heterocycles. The smallest absolute Gasteiger partial charge is 0.308 e. The lowest BCUT2D eigenvalue weighted by atomic mass is 10.2. The van der Waals surface area contributed by atoms with Crippen molar-refractivity contribution in [3.8, 4) is 0 Å². The summed E-state index contributed by atoms with van der Waals surface area (Å²) in [5.41, 5.74) is 2.05. The SMILES string of the molecule is CCOC(=O)CC(O)CNCc1cn(C)nc1C. The molecule has 6 heteroatoms. The third-order valence-electron chi connectivity index (χ3n) is 2.52. The number of carbonyl (C=O) groups excluding carboxylic acids is 1. The summed E-state index contributed by atoms with van der Waals surface area (Å²) < 4.78 is 6.51. The van der Waals surface area contributed by atoms with Gasteiger partial charge in [-0.3, -0.25) is 9.48 Å². The Morgan fingerprint density at radius 1 is 1.67 bits per heavy atom. The highest BCUT2D eigenvalue weighted by molar-refractivity contribution is 5.69. The number of aryl methyl sites for hydroxylation is 2. The highest BCUT2D eigenvalue weighted by Crippen LogP contribution is 2.03. The maximum atomic E-state index is 11.1. The van der Waals surface area contributed by atoms with Crippen LogP contribution in [0.4, 0.5) is 0 Å². The van der Waals surface area contributed by atoms with E-state index in [9.17, 15) is 9.90 Å². The van der Waals surface area contributed by atoms with E-state index < -0.39 is 6.10 Å². The minimum absolute atomic E-state index is 0.0207. The number of rotatable bonds is 7. The van der Waals surface area contributed by atoms with Crippen molar-refractivity contribution in [2.75, 3.05) is 13.2 Å². The van der Waals surface area contributed by atoms with Gasteiger partial charge in [-0.1, -0.05) is 0 Å². The predicted octanol–water partition coefficient (Wildman–Crippen LogP) is 0.132. The van der Waals surface area contributed by atoms with E-state index >= 15 is 0 Å². The van der Waals surface area contributed by atoms with Crippen LogP contribution in [-0.2, 0) is 23.1 Å². The summed E-state index contributed by atoms with van der Waals surface area (Å²) in [6.45, 7) is 5.00. The fourth-order valence-electron chi connectivity index (χ4n) is 1.68. The highest BCUT2D eigenvalue weighted by atomic mass is 16.5. The quantitative estimate of drug-likeness (QED) is 0.677. The van der Waals surface area contributed by atoms with E-state index in [1.165, 1.54) is 0 Å². The van der Waals surface area contributed by atoms with Crippen molar-refractivity contribution in [3.63, 3.8) is 0 Å². The van der Waals surface area contributed by atoms with Crippen molar-refractivity contribution in [1.29, 1.82) is 0 Å². The number of aromatic nitrogens is 2. The average Bonchev–Trinajstić information content (AvgIpc) is 2.57. The first-order chi connectivity index (χ1) is 8.52. The fourth-order valence-corrected chi connectivity index (χ4v) is 1.68. The number of nitrogens with one attached hydrogen (secondary N) is 1. The van der Waals surface area contributed by atoms with Crippen LogP contribution < -0.4 is 5.32 Å². The molecule has 102 valence electrons. The predicted molar refractivity (Wildman–Crippen MR) is 66.9 cm³/mol. The third kappa shape index (κ3) is 4.85. The van der Waals surface area contributed by atoms with Crippen molar-refractivity contribution >= 4 is 5.97 Å². The Morgan fingerprint density at radius 3 is 2.94 bits per heavy atom. The summed E-state index contributed by atoms with van der Waals surface area (Å²) in [4.78, 5) is 11.1. The summed E-state index contributed by atoms with van der Waals surface area (Å²) in [7, 11) is 1.87. The Hall–Kier alpha value is -1.40. The molecule has 1 heterocycles. The molecule has 0 aromatic carbocycles. The van der Waals surface area contributed by atoms with E-state index in [2.05, 4.69) is 10.4 Å². The second-order valence-corrected chi connectivity index (χ2v) is 4.21. The van der Waals surface area contributed by atoms with E-state index in [1.807, 2.05) is 20.2 Å². The molecule has 0 saturated carbocycles. The van der Waals surface area contributed by atoms with Crippen LogP contribution in [0.3, 0.4) is 0 Å². The molecule has 18 heavy (non-hydrogen) atoms. The number of aliphatic hydroxyl groups excluding tert-OH is 1. The van der Waals surface area contributed by atoms with Crippen molar-refractivity contribution in [2.45, 2.75) is 32.9 Å². The molecule has 0 bridgehead atoms. The maximum absolute atomic E-state index is 11.1. The Bertz CT molecular complexity index is 390. The van der Waals surface area contributed by atoms with Crippen LogP contribution in [0.5, 0.6) is 0 Å². The molecule has 0 aliphatic carbocycles. The molecule has 0 aliphatic rings. The van der Waals surface area contributed by atoms with Gasteiger partial charge < -0.3 is 15.2 Å². The topological polar surface area (TPSA) is 76.4 Å². The number of aliphatic hydroxyl groups is 1. The van der Waals surface area contributed by atoms with E-state index in [4.69, 9.17) is 4.74 Å². The van der Waals surface area contributed by atoms with Gasteiger partial charge in [-0.2, -0.15) is 5.10 Å². The summed E-state index contributed by atoms with van der Waals surface area (Å²) in [6, 6.07) is 0. The van der Waals surface area contributed by atoms with Crippen molar-refractivity contribution in [1.82, 2.24) is 15.1 Å². The van der Waals surface area contributed by atoms with Gasteiger partial charge in [-0.15, -0.1) is 0 Å². The summed E-state index contributed by atoms with van der Waals surface area (Å²) in [6.07, 6.45) is 1.23. The number of ether oxygens (including phenoxy) is 1. The molecule has 1 atom stereocenters. The van der Waals surface area contributed by atoms with Gasteiger partial charge in [0.1, 0.15) is 0 Å². The number of nitrogens with zero attached hydrogens (tertiary/aromatic N) is 2. The van der Waals surface area contributed by atoms with E-state index in [0.29, 0.717) is 19.7 Å². The lowest BCUT2D eigenvalue weighted by Crippen LogP contribution is -2.29. The first-order valence-corrected chi connectivity index (χ1v) is 6.06. The van der Waals surface area contributed by atoms with E-state index in [-0.39, 0.29) is 12.4 Å². The van der Waals surface area contributed by atoms with Crippen LogP contribution in [-0.4, -0.2) is 40.1 Å². The molecular weight excluding hydrogens is 234 g/mol. The number of hydrogen-bond donors (Lipinski definition) is 2. The zero-order valence-electron chi connectivity index (χ0n) is 11.1. The second-order valence-electron chi connectivity index (χ2n) is 4.21. The van der Waals surface area contributed by atoms with E-state index in [1.54, 1.807) is 11.6 Å². The second kappa shape index (κ2) is 7.13. The standard InChI is InChI=1S/C12H21N3O3/c1-4-18-12(17)5-11(16)7-13-6-10-8-15(3)14-9(10)2/h8,11,13,16H,4-7H2,1-3H3. The summed E-state index contributed by atoms with van der Waals surface area (Å²) in [5.74, 6) is -0.371. The molecule has 0 radical (unpaired) electrons. The molecule has 1 aromatic heterocycles. The minimum Gasteiger partial charge on any atom is -0.466 e. The fraction of sp³-hybridized carbons (Fsp3) is 0.667. The maximum Gasteiger partial charge on any atom is 0.308 e. The highest BCUT2D eigenvalue weighted by Gasteiger charge is 2.11. The third-order valence-corrected chi connectivity index (χ3v) is 2.52. The summed E-state index contributed by atoms with van der Waals surface area (Å²) in [5, 5.41) is 16.9. The van der Waals surface area contributed by atoms with Gasteiger partial charge in [0.15, 0.2) is 0 Å². The van der Waals surface area contributed by atoms with Crippen LogP contribution in [0.15, 0.2) is 6.20 Å². The van der Waals surface area contributed by atoms with Crippen LogP contribution in [0.25, 0.3) is 0 Å². The van der Waals surface area contributed by atoms with Gasteiger partial charge in [0, 0.05) is 31.9 Å². The zero-order chi connectivity index (χ0) is 13.5. The minimum atomic E-state index is -0.721. The van der Waals surface area contributed by atoms with Gasteiger partial charge in [-0.25, -0.2) is 0 Å². The molecule has 0 spiro atoms. The average molecular weight is 255 g/mol. The van der Waals surface area contributed by atoms with Crippen LogP contribution >= 0.6 is 0 Å². The van der Waals surface area contributed by atoms with Gasteiger partial charge in [0.25, 0.3) is 0 Å². The Balaban J connectivity index is 2.25. The van der Waals surface area contributed by atoms with Gasteiger partial charge in [0.05, 0.1) is 24.8 Å².